The Kier molecular flexibility index (Phi) is 5.16. The fraction of sp³-hybridized carbons (Fsp3) is 0.400. The van der Waals surface area contributed by atoms with Crippen LogP contribution in [0.3, 0.4) is 0 Å². The summed E-state index contributed by atoms with van der Waals surface area (Å²) in [5.41, 5.74) is 0.739. The Morgan fingerprint density at radius 2 is 2.00 bits per heavy atom. The molecule has 1 aromatic rings. The van der Waals surface area contributed by atoms with Crippen LogP contribution >= 0.6 is 23.2 Å². The van der Waals surface area contributed by atoms with E-state index in [1.54, 1.807) is 25.2 Å². The molecule has 1 atom stereocenters. The highest BCUT2D eigenvalue weighted by molar-refractivity contribution is 6.35. The molecule has 4 amide bonds. The van der Waals surface area contributed by atoms with Crippen LogP contribution < -0.4 is 0 Å². The first-order valence-corrected chi connectivity index (χ1v) is 7.74. The van der Waals surface area contributed by atoms with E-state index in [1.807, 2.05) is 6.92 Å². The molecule has 1 heterocycles. The van der Waals surface area contributed by atoms with Crippen molar-refractivity contribution in [2.24, 2.45) is 0 Å². The van der Waals surface area contributed by atoms with Gasteiger partial charge in [-0.1, -0.05) is 29.3 Å². The van der Waals surface area contributed by atoms with Crippen LogP contribution in [0.1, 0.15) is 18.5 Å². The number of nitrogens with zero attached hydrogens (tertiary/aromatic N) is 3. The molecule has 0 N–H and O–H groups in total. The summed E-state index contributed by atoms with van der Waals surface area (Å²) >= 11 is 12.0. The van der Waals surface area contributed by atoms with Gasteiger partial charge in [0.05, 0.1) is 6.04 Å². The molecule has 0 aromatic heterocycles. The summed E-state index contributed by atoms with van der Waals surface area (Å²) < 4.78 is 0. The average Bonchev–Trinajstić information content (AvgIpc) is 2.72. The third-order valence-corrected chi connectivity index (χ3v) is 4.47. The van der Waals surface area contributed by atoms with E-state index in [2.05, 4.69) is 0 Å². The van der Waals surface area contributed by atoms with E-state index in [1.165, 1.54) is 16.8 Å². The lowest BCUT2D eigenvalue weighted by Gasteiger charge is -2.27. The fourth-order valence-corrected chi connectivity index (χ4v) is 2.90. The van der Waals surface area contributed by atoms with Gasteiger partial charge in [0.2, 0.25) is 5.91 Å². The second-order valence-electron chi connectivity index (χ2n) is 5.46. The number of benzene rings is 1. The van der Waals surface area contributed by atoms with Gasteiger partial charge in [-0.05, 0) is 24.6 Å². The van der Waals surface area contributed by atoms with Gasteiger partial charge in [0.1, 0.15) is 13.1 Å². The Hall–Kier alpha value is -1.79. The quantitative estimate of drug-likeness (QED) is 0.777. The van der Waals surface area contributed by atoms with Crippen LogP contribution in [0, 0.1) is 0 Å². The maximum Gasteiger partial charge on any atom is 0.327 e. The van der Waals surface area contributed by atoms with E-state index >= 15 is 0 Å². The van der Waals surface area contributed by atoms with Crippen molar-refractivity contribution in [2.45, 2.75) is 13.0 Å². The molecule has 1 aromatic carbocycles. The Morgan fingerprint density at radius 3 is 2.52 bits per heavy atom. The van der Waals surface area contributed by atoms with Gasteiger partial charge in [0, 0.05) is 24.1 Å². The Bertz CT molecular complexity index is 665. The van der Waals surface area contributed by atoms with E-state index < -0.39 is 6.03 Å². The van der Waals surface area contributed by atoms with Crippen LogP contribution in [-0.2, 0) is 9.59 Å². The lowest BCUT2D eigenvalue weighted by Crippen LogP contribution is -2.42. The number of amides is 4. The van der Waals surface area contributed by atoms with Crippen molar-refractivity contribution >= 4 is 41.0 Å². The largest absolute Gasteiger partial charge is 0.337 e. The molecule has 1 saturated heterocycles. The van der Waals surface area contributed by atoms with Crippen LogP contribution in [0.25, 0.3) is 0 Å². The summed E-state index contributed by atoms with van der Waals surface area (Å²) in [4.78, 5) is 39.6. The van der Waals surface area contributed by atoms with Crippen LogP contribution in [0.5, 0.6) is 0 Å². The predicted molar refractivity (Wildman–Crippen MR) is 87.4 cm³/mol. The molecule has 1 unspecified atom stereocenters. The van der Waals surface area contributed by atoms with E-state index in [0.717, 1.165) is 10.5 Å². The minimum Gasteiger partial charge on any atom is -0.337 e. The first-order chi connectivity index (χ1) is 10.7. The summed E-state index contributed by atoms with van der Waals surface area (Å²) in [5, 5.41) is 0.967. The van der Waals surface area contributed by atoms with Crippen molar-refractivity contribution < 1.29 is 14.4 Å². The highest BCUT2D eigenvalue weighted by Crippen LogP contribution is 2.29. The second-order valence-corrected chi connectivity index (χ2v) is 6.31. The molecule has 0 aliphatic carbocycles. The van der Waals surface area contributed by atoms with Gasteiger partial charge in [-0.3, -0.25) is 14.5 Å². The summed E-state index contributed by atoms with van der Waals surface area (Å²) in [6.07, 6.45) is 0. The number of likely N-dealkylation sites (N-methyl/N-ethyl adjacent to an activating group) is 2. The number of imide groups is 1. The molecule has 1 aliphatic rings. The first kappa shape index (κ1) is 17.6. The topological polar surface area (TPSA) is 60.9 Å². The third kappa shape index (κ3) is 3.59. The highest BCUT2D eigenvalue weighted by atomic mass is 35.5. The third-order valence-electron chi connectivity index (χ3n) is 3.91. The van der Waals surface area contributed by atoms with Crippen LogP contribution in [0.15, 0.2) is 18.2 Å². The van der Waals surface area contributed by atoms with Crippen molar-refractivity contribution in [1.29, 1.82) is 0 Å². The van der Waals surface area contributed by atoms with Crippen LogP contribution in [0.4, 0.5) is 4.79 Å². The van der Waals surface area contributed by atoms with Crippen LogP contribution in [0.2, 0.25) is 10.0 Å². The molecule has 0 spiro atoms. The monoisotopic (exact) mass is 357 g/mol. The van der Waals surface area contributed by atoms with Crippen molar-refractivity contribution in [3.8, 4) is 0 Å². The summed E-state index contributed by atoms with van der Waals surface area (Å²) in [6, 6.07) is 4.27. The lowest BCUT2D eigenvalue weighted by molar-refractivity contribution is -0.137. The molecule has 1 aliphatic heterocycles. The first-order valence-electron chi connectivity index (χ1n) is 6.98. The zero-order valence-electron chi connectivity index (χ0n) is 13.0. The van der Waals surface area contributed by atoms with E-state index in [-0.39, 0.29) is 30.9 Å². The van der Waals surface area contributed by atoms with Gasteiger partial charge in [-0.2, -0.15) is 0 Å². The molecule has 8 heteroatoms. The van der Waals surface area contributed by atoms with Crippen molar-refractivity contribution in [3.63, 3.8) is 0 Å². The molecule has 0 bridgehead atoms. The van der Waals surface area contributed by atoms with E-state index in [0.29, 0.717) is 10.0 Å². The van der Waals surface area contributed by atoms with Gasteiger partial charge in [0.25, 0.3) is 5.91 Å². The maximum atomic E-state index is 12.4. The lowest BCUT2D eigenvalue weighted by atomic mass is 10.1. The fourth-order valence-electron chi connectivity index (χ4n) is 2.34. The maximum absolute atomic E-state index is 12.4. The Balaban J connectivity index is 2.10. The molecular formula is C15H17Cl2N3O3. The Labute approximate surface area is 144 Å². The van der Waals surface area contributed by atoms with Crippen molar-refractivity contribution in [1.82, 2.24) is 14.7 Å². The molecule has 6 nitrogen and oxygen atoms in total. The molecule has 0 radical (unpaired) electrons. The van der Waals surface area contributed by atoms with Gasteiger partial charge >= 0.3 is 6.03 Å². The standard InChI is InChI=1S/C15H17Cl2N3O3/c1-9(11-5-4-10(16)6-12(11)17)19(3)13(21)8-20-14(22)7-18(2)15(20)23/h4-6,9H,7-8H2,1-3H3. The summed E-state index contributed by atoms with van der Waals surface area (Å²) in [7, 11) is 3.12. The normalized spacial score (nSPS) is 16.0. The number of carbonyl (C=O) groups excluding carboxylic acids is 3. The van der Waals surface area contributed by atoms with Crippen molar-refractivity contribution in [3.05, 3.63) is 33.8 Å². The second kappa shape index (κ2) is 6.76. The highest BCUT2D eigenvalue weighted by Gasteiger charge is 2.36. The number of carbonyl (C=O) groups is 3. The number of halogens is 2. The number of hydrogen-bond donors (Lipinski definition) is 0. The SMILES string of the molecule is CC(c1ccc(Cl)cc1Cl)N(C)C(=O)CN1C(=O)CN(C)C1=O. The van der Waals surface area contributed by atoms with Gasteiger partial charge in [-0.15, -0.1) is 0 Å². The zero-order valence-corrected chi connectivity index (χ0v) is 14.6. The predicted octanol–water partition coefficient (Wildman–Crippen LogP) is 2.41. The van der Waals surface area contributed by atoms with E-state index in [9.17, 15) is 14.4 Å². The number of rotatable bonds is 4. The number of hydrogen-bond acceptors (Lipinski definition) is 3. The zero-order chi connectivity index (χ0) is 17.3. The molecule has 2 rings (SSSR count). The molecule has 0 saturated carbocycles. The molecule has 124 valence electrons. The summed E-state index contributed by atoms with van der Waals surface area (Å²) in [6.45, 7) is 1.52. The van der Waals surface area contributed by atoms with Gasteiger partial charge in [0.15, 0.2) is 0 Å². The Morgan fingerprint density at radius 1 is 1.35 bits per heavy atom. The van der Waals surface area contributed by atoms with Gasteiger partial charge < -0.3 is 9.80 Å². The van der Waals surface area contributed by atoms with Gasteiger partial charge in [-0.25, -0.2) is 4.79 Å². The molecule has 1 fully saturated rings. The minimum atomic E-state index is -0.464. The van der Waals surface area contributed by atoms with Crippen molar-refractivity contribution in [2.75, 3.05) is 27.2 Å². The summed E-state index contributed by atoms with van der Waals surface area (Å²) in [5.74, 6) is -0.725. The van der Waals surface area contributed by atoms with Crippen LogP contribution in [-0.4, -0.2) is 59.7 Å². The number of urea groups is 1. The molecular weight excluding hydrogens is 341 g/mol. The molecule has 23 heavy (non-hydrogen) atoms. The smallest absolute Gasteiger partial charge is 0.327 e. The van der Waals surface area contributed by atoms with E-state index in [4.69, 9.17) is 23.2 Å². The minimum absolute atomic E-state index is 0.00556. The average molecular weight is 358 g/mol.